The largest absolute Gasteiger partial charge is 0.491 e. The van der Waals surface area contributed by atoms with Gasteiger partial charge in [0, 0.05) is 21.8 Å². The van der Waals surface area contributed by atoms with E-state index < -0.39 is 0 Å². The molecule has 0 aliphatic heterocycles. The minimum Gasteiger partial charge on any atom is -0.491 e. The molecular weight excluding hydrogens is 333 g/mol. The molecule has 0 fully saturated rings. The quantitative estimate of drug-likeness (QED) is 0.730. The number of rotatable bonds is 5. The van der Waals surface area contributed by atoms with Crippen LogP contribution < -0.4 is 10.1 Å². The summed E-state index contributed by atoms with van der Waals surface area (Å²) < 4.78 is 5.55. The fourth-order valence-electron chi connectivity index (χ4n) is 1.88. The molecule has 0 saturated heterocycles. The Morgan fingerprint density at radius 2 is 1.83 bits per heavy atom. The van der Waals surface area contributed by atoms with Crippen molar-refractivity contribution in [1.29, 1.82) is 0 Å². The lowest BCUT2D eigenvalue weighted by Crippen LogP contribution is -2.08. The van der Waals surface area contributed by atoms with Gasteiger partial charge in [0.05, 0.1) is 6.10 Å². The second-order valence-corrected chi connectivity index (χ2v) is 6.02. The lowest BCUT2D eigenvalue weighted by molar-refractivity contribution is -0.111. The zero-order valence-electron chi connectivity index (χ0n) is 12.8. The molecule has 120 valence electrons. The van der Waals surface area contributed by atoms with Crippen molar-refractivity contribution in [3.63, 3.8) is 0 Å². The average molecular weight is 350 g/mol. The number of hydrogen-bond donors (Lipinski definition) is 1. The summed E-state index contributed by atoms with van der Waals surface area (Å²) in [6, 6.07) is 12.3. The summed E-state index contributed by atoms with van der Waals surface area (Å²) in [6.45, 7) is 3.92. The predicted molar refractivity (Wildman–Crippen MR) is 96.3 cm³/mol. The maximum Gasteiger partial charge on any atom is 0.248 e. The Morgan fingerprint density at radius 3 is 2.43 bits per heavy atom. The fraction of sp³-hybridized carbons (Fsp3) is 0.167. The summed E-state index contributed by atoms with van der Waals surface area (Å²) in [5, 5.41) is 3.83. The Morgan fingerprint density at radius 1 is 1.13 bits per heavy atom. The fourth-order valence-corrected chi connectivity index (χ4v) is 2.35. The third-order valence-corrected chi connectivity index (χ3v) is 3.43. The summed E-state index contributed by atoms with van der Waals surface area (Å²) in [5.41, 5.74) is 1.42. The number of halogens is 2. The molecule has 1 amide bonds. The Balaban J connectivity index is 1.97. The van der Waals surface area contributed by atoms with Crippen LogP contribution in [0.15, 0.2) is 48.5 Å². The topological polar surface area (TPSA) is 38.3 Å². The van der Waals surface area contributed by atoms with Gasteiger partial charge in [-0.2, -0.15) is 0 Å². The van der Waals surface area contributed by atoms with Crippen LogP contribution in [-0.4, -0.2) is 12.0 Å². The number of carbonyl (C=O) groups is 1. The van der Waals surface area contributed by atoms with E-state index in [1.54, 1.807) is 36.4 Å². The molecule has 1 N–H and O–H groups in total. The number of anilines is 1. The molecule has 0 aromatic heterocycles. The van der Waals surface area contributed by atoms with E-state index in [-0.39, 0.29) is 12.0 Å². The van der Waals surface area contributed by atoms with Crippen LogP contribution in [0.1, 0.15) is 19.4 Å². The van der Waals surface area contributed by atoms with Gasteiger partial charge in [0.15, 0.2) is 0 Å². The Labute approximate surface area is 145 Å². The number of amides is 1. The number of ether oxygens (including phenoxy) is 1. The smallest absolute Gasteiger partial charge is 0.248 e. The summed E-state index contributed by atoms with van der Waals surface area (Å²) >= 11 is 11.9. The van der Waals surface area contributed by atoms with Crippen LogP contribution >= 0.6 is 23.2 Å². The molecule has 0 atom stereocenters. The Bertz CT molecular complexity index is 709. The molecule has 0 heterocycles. The summed E-state index contributed by atoms with van der Waals surface area (Å²) in [4.78, 5) is 11.9. The zero-order chi connectivity index (χ0) is 16.8. The second-order valence-electron chi connectivity index (χ2n) is 5.18. The van der Waals surface area contributed by atoms with Crippen molar-refractivity contribution in [3.05, 3.63) is 64.1 Å². The van der Waals surface area contributed by atoms with E-state index in [1.807, 2.05) is 26.0 Å². The second kappa shape index (κ2) is 8.04. The molecule has 0 radical (unpaired) electrons. The molecule has 0 aliphatic rings. The molecule has 2 aromatic carbocycles. The first kappa shape index (κ1) is 17.4. The predicted octanol–water partition coefficient (Wildman–Crippen LogP) is 5.43. The van der Waals surface area contributed by atoms with Crippen molar-refractivity contribution >= 4 is 40.9 Å². The van der Waals surface area contributed by atoms with Crippen LogP contribution in [0.2, 0.25) is 10.0 Å². The first-order valence-electron chi connectivity index (χ1n) is 7.15. The summed E-state index contributed by atoms with van der Waals surface area (Å²) in [5.74, 6) is 0.523. The molecule has 0 saturated carbocycles. The average Bonchev–Trinajstić information content (AvgIpc) is 2.48. The van der Waals surface area contributed by atoms with Gasteiger partial charge in [-0.05, 0) is 61.9 Å². The van der Waals surface area contributed by atoms with E-state index in [2.05, 4.69) is 5.32 Å². The minimum atomic E-state index is -0.242. The maximum atomic E-state index is 11.9. The van der Waals surface area contributed by atoms with Gasteiger partial charge < -0.3 is 10.1 Å². The maximum absolute atomic E-state index is 11.9. The highest BCUT2D eigenvalue weighted by molar-refractivity contribution is 6.35. The van der Waals surface area contributed by atoms with E-state index in [0.717, 1.165) is 11.3 Å². The summed E-state index contributed by atoms with van der Waals surface area (Å²) in [7, 11) is 0. The third-order valence-electron chi connectivity index (χ3n) is 2.87. The molecule has 5 heteroatoms. The number of hydrogen-bond acceptors (Lipinski definition) is 2. The third kappa shape index (κ3) is 5.62. The molecule has 0 unspecified atom stereocenters. The van der Waals surface area contributed by atoms with Crippen molar-refractivity contribution in [3.8, 4) is 5.75 Å². The first-order valence-corrected chi connectivity index (χ1v) is 7.90. The standard InChI is InChI=1S/C18H17Cl2NO2/c1-12(2)23-16-8-6-15(7-9-16)21-18(22)10-4-13-3-5-14(19)11-17(13)20/h3-12H,1-2H3,(H,21,22)/b10-4+. The van der Waals surface area contributed by atoms with E-state index >= 15 is 0 Å². The molecule has 3 nitrogen and oxygen atoms in total. The van der Waals surface area contributed by atoms with Gasteiger partial charge in [-0.1, -0.05) is 29.3 Å². The van der Waals surface area contributed by atoms with Gasteiger partial charge in [-0.15, -0.1) is 0 Å². The van der Waals surface area contributed by atoms with E-state index in [1.165, 1.54) is 6.08 Å². The minimum absolute atomic E-state index is 0.113. The Kier molecular flexibility index (Phi) is 6.08. The number of benzene rings is 2. The van der Waals surface area contributed by atoms with E-state index in [9.17, 15) is 4.79 Å². The first-order chi connectivity index (χ1) is 10.9. The van der Waals surface area contributed by atoms with Gasteiger partial charge in [-0.25, -0.2) is 0 Å². The molecule has 0 spiro atoms. The van der Waals surface area contributed by atoms with E-state index in [0.29, 0.717) is 15.7 Å². The number of carbonyl (C=O) groups excluding carboxylic acids is 1. The molecule has 0 aliphatic carbocycles. The van der Waals surface area contributed by atoms with Crippen molar-refractivity contribution in [2.75, 3.05) is 5.32 Å². The highest BCUT2D eigenvalue weighted by Gasteiger charge is 2.02. The van der Waals surface area contributed by atoms with Gasteiger partial charge in [0.25, 0.3) is 0 Å². The lowest BCUT2D eigenvalue weighted by atomic mass is 10.2. The molecule has 23 heavy (non-hydrogen) atoms. The van der Waals surface area contributed by atoms with E-state index in [4.69, 9.17) is 27.9 Å². The van der Waals surface area contributed by atoms with Crippen molar-refractivity contribution in [1.82, 2.24) is 0 Å². The van der Waals surface area contributed by atoms with Gasteiger partial charge in [-0.3, -0.25) is 4.79 Å². The highest BCUT2D eigenvalue weighted by Crippen LogP contribution is 2.22. The van der Waals surface area contributed by atoms with Gasteiger partial charge in [0.2, 0.25) is 5.91 Å². The van der Waals surface area contributed by atoms with Crippen LogP contribution in [0, 0.1) is 0 Å². The number of nitrogens with one attached hydrogen (secondary N) is 1. The van der Waals surface area contributed by atoms with Crippen LogP contribution in [0.3, 0.4) is 0 Å². The molecule has 2 aromatic rings. The van der Waals surface area contributed by atoms with Crippen LogP contribution in [0.25, 0.3) is 6.08 Å². The van der Waals surface area contributed by atoms with Crippen molar-refractivity contribution in [2.45, 2.75) is 20.0 Å². The van der Waals surface area contributed by atoms with Crippen LogP contribution in [0.5, 0.6) is 5.75 Å². The molecular formula is C18H17Cl2NO2. The molecule has 2 rings (SSSR count). The van der Waals surface area contributed by atoms with Gasteiger partial charge in [0.1, 0.15) is 5.75 Å². The highest BCUT2D eigenvalue weighted by atomic mass is 35.5. The monoisotopic (exact) mass is 349 g/mol. The van der Waals surface area contributed by atoms with Gasteiger partial charge >= 0.3 is 0 Å². The lowest BCUT2D eigenvalue weighted by Gasteiger charge is -2.10. The zero-order valence-corrected chi connectivity index (χ0v) is 14.4. The normalized spacial score (nSPS) is 11.0. The van der Waals surface area contributed by atoms with Crippen molar-refractivity contribution < 1.29 is 9.53 Å². The molecule has 0 bridgehead atoms. The SMILES string of the molecule is CC(C)Oc1ccc(NC(=O)/C=C/c2ccc(Cl)cc2Cl)cc1. The van der Waals surface area contributed by atoms with Crippen LogP contribution in [0.4, 0.5) is 5.69 Å². The Hall–Kier alpha value is -1.97. The van der Waals surface area contributed by atoms with Crippen molar-refractivity contribution in [2.24, 2.45) is 0 Å². The van der Waals surface area contributed by atoms with Crippen LogP contribution in [-0.2, 0) is 4.79 Å². The summed E-state index contributed by atoms with van der Waals surface area (Å²) in [6.07, 6.45) is 3.18.